The summed E-state index contributed by atoms with van der Waals surface area (Å²) in [7, 11) is 1.64. The number of methoxy groups -OCH3 is 1. The van der Waals surface area contributed by atoms with Gasteiger partial charge >= 0.3 is 5.97 Å². The van der Waals surface area contributed by atoms with Crippen molar-refractivity contribution >= 4 is 23.3 Å². The van der Waals surface area contributed by atoms with Crippen molar-refractivity contribution in [1.29, 1.82) is 0 Å². The zero-order valence-corrected chi connectivity index (χ0v) is 10.6. The van der Waals surface area contributed by atoms with Crippen molar-refractivity contribution < 1.29 is 14.6 Å². The summed E-state index contributed by atoms with van der Waals surface area (Å²) in [6, 6.07) is 5.00. The highest BCUT2D eigenvalue weighted by atomic mass is 35.5. The van der Waals surface area contributed by atoms with Crippen LogP contribution in [-0.2, 0) is 4.74 Å². The van der Waals surface area contributed by atoms with Gasteiger partial charge in [0.1, 0.15) is 0 Å². The highest BCUT2D eigenvalue weighted by Crippen LogP contribution is 2.21. The molecule has 1 rings (SSSR count). The van der Waals surface area contributed by atoms with Crippen LogP contribution in [0.15, 0.2) is 18.2 Å². The van der Waals surface area contributed by atoms with Gasteiger partial charge in [-0.15, -0.1) is 0 Å². The Morgan fingerprint density at radius 2 is 2.29 bits per heavy atom. The third-order valence-corrected chi connectivity index (χ3v) is 2.74. The molecule has 1 aromatic carbocycles. The summed E-state index contributed by atoms with van der Waals surface area (Å²) >= 11 is 5.88. The molecule has 17 heavy (non-hydrogen) atoms. The van der Waals surface area contributed by atoms with E-state index < -0.39 is 5.97 Å². The molecular weight excluding hydrogens is 242 g/mol. The van der Waals surface area contributed by atoms with E-state index in [1.807, 2.05) is 6.92 Å². The second-order valence-corrected chi connectivity index (χ2v) is 4.11. The number of ether oxygens (including phenoxy) is 1. The lowest BCUT2D eigenvalue weighted by Gasteiger charge is -2.17. The van der Waals surface area contributed by atoms with Crippen molar-refractivity contribution in [2.45, 2.75) is 19.4 Å². The molecule has 1 aromatic rings. The normalized spacial score (nSPS) is 12.2. The summed E-state index contributed by atoms with van der Waals surface area (Å²) < 4.78 is 5.07. The van der Waals surface area contributed by atoms with Gasteiger partial charge in [0, 0.05) is 18.8 Å². The van der Waals surface area contributed by atoms with E-state index in [9.17, 15) is 4.79 Å². The van der Waals surface area contributed by atoms with Crippen LogP contribution >= 0.6 is 11.6 Å². The standard InChI is InChI=1S/C12H16ClNO3/c1-3-8(7-17-2)14-9-4-5-10(12(15)16)11(13)6-9/h4-6,8,14H,3,7H2,1-2H3,(H,15,16). The predicted octanol–water partition coefficient (Wildman–Crippen LogP) is 2.88. The molecule has 0 fully saturated rings. The fourth-order valence-corrected chi connectivity index (χ4v) is 1.74. The minimum absolute atomic E-state index is 0.108. The van der Waals surface area contributed by atoms with Crippen LogP contribution in [0.2, 0.25) is 5.02 Å². The highest BCUT2D eigenvalue weighted by molar-refractivity contribution is 6.33. The van der Waals surface area contributed by atoms with Crippen molar-refractivity contribution in [1.82, 2.24) is 0 Å². The fourth-order valence-electron chi connectivity index (χ4n) is 1.48. The summed E-state index contributed by atoms with van der Waals surface area (Å²) in [5, 5.41) is 12.3. The Morgan fingerprint density at radius 3 is 2.76 bits per heavy atom. The number of carbonyl (C=O) groups is 1. The van der Waals surface area contributed by atoms with Crippen LogP contribution in [0.5, 0.6) is 0 Å². The maximum absolute atomic E-state index is 10.8. The molecule has 0 aromatic heterocycles. The van der Waals surface area contributed by atoms with Gasteiger partial charge in [0.15, 0.2) is 0 Å². The number of benzene rings is 1. The van der Waals surface area contributed by atoms with Crippen LogP contribution in [0.3, 0.4) is 0 Å². The number of nitrogens with one attached hydrogen (secondary N) is 1. The van der Waals surface area contributed by atoms with Gasteiger partial charge < -0.3 is 15.2 Å². The average molecular weight is 258 g/mol. The maximum Gasteiger partial charge on any atom is 0.337 e. The van der Waals surface area contributed by atoms with E-state index in [0.29, 0.717) is 6.61 Å². The van der Waals surface area contributed by atoms with E-state index in [4.69, 9.17) is 21.4 Å². The molecule has 1 atom stereocenters. The SMILES string of the molecule is CCC(COC)Nc1ccc(C(=O)O)c(Cl)c1. The van der Waals surface area contributed by atoms with E-state index in [1.165, 1.54) is 6.07 Å². The van der Waals surface area contributed by atoms with Crippen LogP contribution in [0.25, 0.3) is 0 Å². The van der Waals surface area contributed by atoms with Gasteiger partial charge in [-0.3, -0.25) is 0 Å². The minimum atomic E-state index is -1.02. The molecule has 0 aliphatic heterocycles. The highest BCUT2D eigenvalue weighted by Gasteiger charge is 2.10. The Morgan fingerprint density at radius 1 is 1.59 bits per heavy atom. The van der Waals surface area contributed by atoms with Gasteiger partial charge in [-0.2, -0.15) is 0 Å². The van der Waals surface area contributed by atoms with E-state index in [0.717, 1.165) is 12.1 Å². The number of carboxylic acids is 1. The second kappa shape index (κ2) is 6.47. The molecule has 0 heterocycles. The van der Waals surface area contributed by atoms with Crippen molar-refractivity contribution in [2.24, 2.45) is 0 Å². The monoisotopic (exact) mass is 257 g/mol. The first-order chi connectivity index (χ1) is 8.08. The number of hydrogen-bond acceptors (Lipinski definition) is 3. The molecule has 0 aliphatic carbocycles. The number of hydrogen-bond donors (Lipinski definition) is 2. The molecule has 0 spiro atoms. The molecule has 0 saturated heterocycles. The first-order valence-electron chi connectivity index (χ1n) is 5.36. The van der Waals surface area contributed by atoms with Crippen LogP contribution < -0.4 is 5.32 Å². The Bertz CT molecular complexity index is 395. The third-order valence-electron chi connectivity index (χ3n) is 2.43. The van der Waals surface area contributed by atoms with Crippen molar-refractivity contribution in [3.8, 4) is 0 Å². The molecule has 94 valence electrons. The van der Waals surface area contributed by atoms with Crippen molar-refractivity contribution in [3.63, 3.8) is 0 Å². The van der Waals surface area contributed by atoms with E-state index in [1.54, 1.807) is 19.2 Å². The van der Waals surface area contributed by atoms with Gasteiger partial charge in [0.2, 0.25) is 0 Å². The molecule has 0 saturated carbocycles. The maximum atomic E-state index is 10.8. The first-order valence-corrected chi connectivity index (χ1v) is 5.74. The lowest BCUT2D eigenvalue weighted by molar-refractivity contribution is 0.0697. The van der Waals surface area contributed by atoms with Crippen LogP contribution in [0.1, 0.15) is 23.7 Å². The Balaban J connectivity index is 2.79. The molecule has 0 radical (unpaired) electrons. The Kier molecular flexibility index (Phi) is 5.25. The minimum Gasteiger partial charge on any atom is -0.478 e. The molecule has 5 heteroatoms. The predicted molar refractivity (Wildman–Crippen MR) is 68.0 cm³/mol. The summed E-state index contributed by atoms with van der Waals surface area (Å²) in [6.07, 6.45) is 0.909. The summed E-state index contributed by atoms with van der Waals surface area (Å²) in [5.41, 5.74) is 0.904. The van der Waals surface area contributed by atoms with Crippen molar-refractivity contribution in [2.75, 3.05) is 19.0 Å². The number of halogens is 1. The van der Waals surface area contributed by atoms with Crippen LogP contribution in [-0.4, -0.2) is 30.8 Å². The van der Waals surface area contributed by atoms with E-state index >= 15 is 0 Å². The summed E-state index contributed by atoms with van der Waals surface area (Å²) in [4.78, 5) is 10.8. The molecule has 4 nitrogen and oxygen atoms in total. The average Bonchev–Trinajstić information content (AvgIpc) is 2.28. The second-order valence-electron chi connectivity index (χ2n) is 3.70. The largest absolute Gasteiger partial charge is 0.478 e. The Labute approximate surface area is 106 Å². The van der Waals surface area contributed by atoms with E-state index in [2.05, 4.69) is 5.32 Å². The van der Waals surface area contributed by atoms with E-state index in [-0.39, 0.29) is 16.6 Å². The number of rotatable bonds is 6. The zero-order chi connectivity index (χ0) is 12.8. The third kappa shape index (κ3) is 3.91. The van der Waals surface area contributed by atoms with Gasteiger partial charge in [0.05, 0.1) is 17.2 Å². The Hall–Kier alpha value is -1.26. The van der Waals surface area contributed by atoms with Gasteiger partial charge in [-0.1, -0.05) is 18.5 Å². The van der Waals surface area contributed by atoms with Crippen LogP contribution in [0.4, 0.5) is 5.69 Å². The quantitative estimate of drug-likeness (QED) is 0.823. The lowest BCUT2D eigenvalue weighted by atomic mass is 10.1. The number of anilines is 1. The fraction of sp³-hybridized carbons (Fsp3) is 0.417. The molecule has 0 amide bonds. The van der Waals surface area contributed by atoms with Crippen molar-refractivity contribution in [3.05, 3.63) is 28.8 Å². The molecule has 1 unspecified atom stereocenters. The van der Waals surface area contributed by atoms with Gasteiger partial charge in [-0.05, 0) is 24.6 Å². The number of aromatic carboxylic acids is 1. The summed E-state index contributed by atoms with van der Waals surface area (Å²) in [6.45, 7) is 2.64. The van der Waals surface area contributed by atoms with Gasteiger partial charge in [-0.25, -0.2) is 4.79 Å². The van der Waals surface area contributed by atoms with Crippen LogP contribution in [0, 0.1) is 0 Å². The molecule has 0 aliphatic rings. The smallest absolute Gasteiger partial charge is 0.337 e. The molecular formula is C12H16ClNO3. The number of carboxylic acid groups (broad SMARTS) is 1. The summed E-state index contributed by atoms with van der Waals surface area (Å²) in [5.74, 6) is -1.02. The lowest BCUT2D eigenvalue weighted by Crippen LogP contribution is -2.23. The molecule has 0 bridgehead atoms. The first kappa shape index (κ1) is 13.8. The zero-order valence-electron chi connectivity index (χ0n) is 9.87. The molecule has 2 N–H and O–H groups in total. The van der Waals surface area contributed by atoms with Gasteiger partial charge in [0.25, 0.3) is 0 Å². The topological polar surface area (TPSA) is 58.6 Å².